The van der Waals surface area contributed by atoms with E-state index in [0.29, 0.717) is 0 Å². The zero-order valence-electron chi connectivity index (χ0n) is 14.0. The smallest absolute Gasteiger partial charge is 0.124 e. The number of hydrogen-bond acceptors (Lipinski definition) is 3. The van der Waals surface area contributed by atoms with Gasteiger partial charge < -0.3 is 0 Å². The molecule has 0 N–H and O–H groups in total. The first kappa shape index (κ1) is 17.5. The summed E-state index contributed by atoms with van der Waals surface area (Å²) in [7, 11) is 0. The van der Waals surface area contributed by atoms with E-state index < -0.39 is 6.04 Å². The minimum absolute atomic E-state index is 0.0257. The fourth-order valence-corrected chi connectivity index (χ4v) is 3.46. The van der Waals surface area contributed by atoms with Crippen LogP contribution in [-0.2, 0) is 6.42 Å². The maximum Gasteiger partial charge on any atom is 0.124 e. The average molecular weight is 395 g/mol. The lowest BCUT2D eigenvalue weighted by molar-refractivity contribution is 0.547. The van der Waals surface area contributed by atoms with Gasteiger partial charge >= 0.3 is 0 Å². The fraction of sp³-hybridized carbons (Fsp3) is 0.190. The Balaban J connectivity index is 2.03. The number of rotatable bonds is 6. The first-order valence-corrected chi connectivity index (χ1v) is 9.00. The van der Waals surface area contributed by atoms with E-state index in [1.165, 1.54) is 11.1 Å². The van der Waals surface area contributed by atoms with Crippen LogP contribution in [0.5, 0.6) is 0 Å². The van der Waals surface area contributed by atoms with Crippen LogP contribution in [-0.4, -0.2) is 4.98 Å². The molecule has 0 aliphatic heterocycles. The van der Waals surface area contributed by atoms with E-state index in [9.17, 15) is 4.91 Å². The second kappa shape index (κ2) is 8.17. The van der Waals surface area contributed by atoms with Crippen LogP contribution in [0.3, 0.4) is 0 Å². The first-order chi connectivity index (χ1) is 12.2. The number of aryl methyl sites for hydroxylation is 1. The van der Waals surface area contributed by atoms with Gasteiger partial charge in [-0.15, -0.1) is 0 Å². The third kappa shape index (κ3) is 4.20. The molecule has 126 valence electrons. The highest BCUT2D eigenvalue weighted by molar-refractivity contribution is 9.10. The number of nitrogens with zero attached hydrogens (tertiary/aromatic N) is 2. The number of pyridine rings is 1. The minimum Gasteiger partial charge on any atom is -0.265 e. The van der Waals surface area contributed by atoms with Crippen molar-refractivity contribution in [1.82, 2.24) is 4.98 Å². The molecule has 0 radical (unpaired) electrons. The Labute approximate surface area is 156 Å². The summed E-state index contributed by atoms with van der Waals surface area (Å²) in [6.07, 6.45) is 4.17. The van der Waals surface area contributed by atoms with Crippen molar-refractivity contribution in [3.63, 3.8) is 0 Å². The van der Waals surface area contributed by atoms with Gasteiger partial charge in [-0.05, 0) is 59.9 Å². The summed E-state index contributed by atoms with van der Waals surface area (Å²) in [5.74, 6) is -0.0257. The van der Waals surface area contributed by atoms with E-state index in [4.69, 9.17) is 0 Å². The number of halogens is 1. The summed E-state index contributed by atoms with van der Waals surface area (Å²) in [4.78, 5) is 15.9. The minimum atomic E-state index is -0.451. The Kier molecular flexibility index (Phi) is 5.71. The predicted molar refractivity (Wildman–Crippen MR) is 105 cm³/mol. The van der Waals surface area contributed by atoms with Gasteiger partial charge in [0, 0.05) is 22.8 Å². The molecule has 0 spiro atoms. The number of aromatic nitrogens is 1. The second-order valence-electron chi connectivity index (χ2n) is 6.12. The van der Waals surface area contributed by atoms with Crippen LogP contribution in [0.2, 0.25) is 0 Å². The van der Waals surface area contributed by atoms with Crippen LogP contribution in [0, 0.1) is 11.8 Å². The van der Waals surface area contributed by atoms with E-state index in [0.717, 1.165) is 22.0 Å². The molecule has 25 heavy (non-hydrogen) atoms. The number of nitroso groups, excluding NO2 is 1. The Hall–Kier alpha value is -2.33. The Morgan fingerprint density at radius 3 is 2.32 bits per heavy atom. The highest BCUT2D eigenvalue weighted by Crippen LogP contribution is 2.38. The van der Waals surface area contributed by atoms with Crippen molar-refractivity contribution < 1.29 is 0 Å². The SMILES string of the molecule is Cc1ccccc1C(Cc1ccc(Br)cc1)C(N=O)c1ccncc1. The Morgan fingerprint density at radius 1 is 1.00 bits per heavy atom. The quantitative estimate of drug-likeness (QED) is 0.482. The molecule has 0 aliphatic rings. The van der Waals surface area contributed by atoms with E-state index in [1.807, 2.05) is 36.4 Å². The van der Waals surface area contributed by atoms with Gasteiger partial charge in [-0.2, -0.15) is 4.91 Å². The second-order valence-corrected chi connectivity index (χ2v) is 7.04. The number of hydrogen-bond donors (Lipinski definition) is 0. The molecule has 0 aliphatic carbocycles. The molecule has 0 saturated heterocycles. The van der Waals surface area contributed by atoms with E-state index >= 15 is 0 Å². The van der Waals surface area contributed by atoms with Crippen molar-refractivity contribution in [3.05, 3.63) is 105 Å². The molecule has 2 aromatic carbocycles. The summed E-state index contributed by atoms with van der Waals surface area (Å²) in [6, 6.07) is 19.7. The van der Waals surface area contributed by atoms with Crippen LogP contribution < -0.4 is 0 Å². The highest BCUT2D eigenvalue weighted by atomic mass is 79.9. The van der Waals surface area contributed by atoms with Crippen LogP contribution in [0.25, 0.3) is 0 Å². The lowest BCUT2D eigenvalue weighted by Crippen LogP contribution is -2.14. The van der Waals surface area contributed by atoms with Crippen molar-refractivity contribution in [2.75, 3.05) is 0 Å². The predicted octanol–water partition coefficient (Wildman–Crippen LogP) is 5.99. The molecule has 2 atom stereocenters. The van der Waals surface area contributed by atoms with Crippen molar-refractivity contribution in [1.29, 1.82) is 0 Å². The molecular formula is C21H19BrN2O. The summed E-state index contributed by atoms with van der Waals surface area (Å²) < 4.78 is 1.04. The summed E-state index contributed by atoms with van der Waals surface area (Å²) in [5.41, 5.74) is 4.41. The van der Waals surface area contributed by atoms with Gasteiger partial charge in [0.1, 0.15) is 6.04 Å². The third-order valence-electron chi connectivity index (χ3n) is 4.50. The third-order valence-corrected chi connectivity index (χ3v) is 5.03. The monoisotopic (exact) mass is 394 g/mol. The molecule has 3 nitrogen and oxygen atoms in total. The Morgan fingerprint density at radius 2 is 1.68 bits per heavy atom. The van der Waals surface area contributed by atoms with Crippen LogP contribution >= 0.6 is 15.9 Å². The largest absolute Gasteiger partial charge is 0.265 e. The van der Waals surface area contributed by atoms with Crippen molar-refractivity contribution in [3.8, 4) is 0 Å². The maximum absolute atomic E-state index is 11.8. The fourth-order valence-electron chi connectivity index (χ4n) is 3.20. The lowest BCUT2D eigenvalue weighted by Gasteiger charge is -2.24. The molecule has 0 amide bonds. The van der Waals surface area contributed by atoms with Crippen molar-refractivity contribution >= 4 is 15.9 Å². The van der Waals surface area contributed by atoms with Gasteiger partial charge in [0.2, 0.25) is 0 Å². The van der Waals surface area contributed by atoms with Crippen LogP contribution in [0.4, 0.5) is 0 Å². The van der Waals surface area contributed by atoms with E-state index in [-0.39, 0.29) is 5.92 Å². The zero-order valence-corrected chi connectivity index (χ0v) is 15.6. The topological polar surface area (TPSA) is 42.3 Å². The molecule has 0 saturated carbocycles. The maximum atomic E-state index is 11.8. The molecule has 1 heterocycles. The molecule has 2 unspecified atom stereocenters. The van der Waals surface area contributed by atoms with Gasteiger partial charge in [-0.1, -0.05) is 57.5 Å². The summed E-state index contributed by atoms with van der Waals surface area (Å²) in [5, 5.41) is 3.50. The van der Waals surface area contributed by atoms with Crippen molar-refractivity contribution in [2.24, 2.45) is 5.18 Å². The van der Waals surface area contributed by atoms with Crippen LogP contribution in [0.1, 0.15) is 34.2 Å². The summed E-state index contributed by atoms with van der Waals surface area (Å²) >= 11 is 3.47. The molecule has 3 rings (SSSR count). The standard InChI is InChI=1S/C21H19BrN2O/c1-15-4-2-3-5-19(15)20(14-16-6-8-18(22)9-7-16)21(24-25)17-10-12-23-13-11-17/h2-13,20-21H,14H2,1H3. The summed E-state index contributed by atoms with van der Waals surface area (Å²) in [6.45, 7) is 2.08. The zero-order chi connectivity index (χ0) is 17.6. The van der Waals surface area contributed by atoms with Gasteiger partial charge in [0.05, 0.1) is 0 Å². The molecular weight excluding hydrogens is 376 g/mol. The molecule has 0 bridgehead atoms. The van der Waals surface area contributed by atoms with E-state index in [2.05, 4.69) is 57.3 Å². The number of benzene rings is 2. The highest BCUT2D eigenvalue weighted by Gasteiger charge is 2.27. The average Bonchev–Trinajstić information content (AvgIpc) is 2.65. The van der Waals surface area contributed by atoms with Crippen molar-refractivity contribution in [2.45, 2.75) is 25.3 Å². The van der Waals surface area contributed by atoms with Gasteiger partial charge in [-0.3, -0.25) is 4.98 Å². The lowest BCUT2D eigenvalue weighted by atomic mass is 9.81. The molecule has 0 fully saturated rings. The van der Waals surface area contributed by atoms with Gasteiger partial charge in [0.25, 0.3) is 0 Å². The Bertz CT molecular complexity index is 834. The van der Waals surface area contributed by atoms with Crippen LogP contribution in [0.15, 0.2) is 82.7 Å². The first-order valence-electron chi connectivity index (χ1n) is 8.21. The van der Waals surface area contributed by atoms with Gasteiger partial charge in [0.15, 0.2) is 0 Å². The van der Waals surface area contributed by atoms with E-state index in [1.54, 1.807) is 12.4 Å². The normalized spacial score (nSPS) is 13.2. The molecule has 1 aromatic heterocycles. The molecule has 3 aromatic rings. The van der Waals surface area contributed by atoms with Gasteiger partial charge in [-0.25, -0.2) is 0 Å². The molecule has 4 heteroatoms.